The van der Waals surface area contributed by atoms with E-state index in [0.717, 1.165) is 40.5 Å². The van der Waals surface area contributed by atoms with Gasteiger partial charge in [0.15, 0.2) is 6.54 Å². The predicted octanol–water partition coefficient (Wildman–Crippen LogP) is 7.37. The van der Waals surface area contributed by atoms with E-state index in [-0.39, 0.29) is 5.75 Å². The van der Waals surface area contributed by atoms with E-state index in [4.69, 9.17) is 0 Å². The van der Waals surface area contributed by atoms with Gasteiger partial charge >= 0.3 is 0 Å². The van der Waals surface area contributed by atoms with Gasteiger partial charge in [-0.1, -0.05) is 30.3 Å². The first-order chi connectivity index (χ1) is 18.4. The van der Waals surface area contributed by atoms with Gasteiger partial charge in [-0.3, -0.25) is 4.55 Å². The summed E-state index contributed by atoms with van der Waals surface area (Å²) in [4.78, 5) is 6.13. The van der Waals surface area contributed by atoms with Crippen molar-refractivity contribution in [3.8, 4) is 9.75 Å². The lowest BCUT2D eigenvalue weighted by molar-refractivity contribution is -0.645. The van der Waals surface area contributed by atoms with Gasteiger partial charge in [0.25, 0.3) is 10.1 Å². The maximum atomic E-state index is 11.3. The maximum absolute atomic E-state index is 11.3. The molecule has 0 aliphatic rings. The number of anilines is 1. The third kappa shape index (κ3) is 5.68. The van der Waals surface area contributed by atoms with E-state index in [1.807, 2.05) is 35.6 Å². The van der Waals surface area contributed by atoms with Crippen LogP contribution in [0, 0.1) is 0 Å². The number of pyridine rings is 1. The van der Waals surface area contributed by atoms with Crippen LogP contribution in [-0.4, -0.2) is 31.8 Å². The van der Waals surface area contributed by atoms with Crippen molar-refractivity contribution in [1.82, 2.24) is 0 Å². The molecule has 0 amide bonds. The van der Waals surface area contributed by atoms with Crippen LogP contribution in [0.3, 0.4) is 0 Å². The van der Waals surface area contributed by atoms with Crippen LogP contribution < -0.4 is 9.47 Å². The Kier molecular flexibility index (Phi) is 7.95. The molecule has 0 fully saturated rings. The highest BCUT2D eigenvalue weighted by molar-refractivity contribution is 7.85. The van der Waals surface area contributed by atoms with Crippen LogP contribution in [0.1, 0.15) is 30.7 Å². The van der Waals surface area contributed by atoms with E-state index in [2.05, 4.69) is 84.0 Å². The highest BCUT2D eigenvalue weighted by atomic mass is 32.2. The third-order valence-corrected chi connectivity index (χ3v) is 9.90. The summed E-state index contributed by atoms with van der Waals surface area (Å²) in [5.74, 6) is -0.258. The average molecular weight is 564 g/mol. The summed E-state index contributed by atoms with van der Waals surface area (Å²) in [6.07, 6.45) is 4.71. The Hall–Kier alpha value is -3.04. The molecule has 5 rings (SSSR count). The molecule has 3 aromatic heterocycles. The lowest BCUT2D eigenvalue weighted by Gasteiger charge is -2.17. The summed E-state index contributed by atoms with van der Waals surface area (Å²) < 4.78 is 34.0. The Morgan fingerprint density at radius 1 is 0.816 bits per heavy atom. The summed E-state index contributed by atoms with van der Waals surface area (Å²) in [5, 5.41) is 3.52. The van der Waals surface area contributed by atoms with Gasteiger partial charge in [-0.15, -0.1) is 22.7 Å². The number of fused-ring (bicyclic) bond motifs is 2. The summed E-state index contributed by atoms with van der Waals surface area (Å²) in [6, 6.07) is 25.2. The van der Waals surface area contributed by atoms with Gasteiger partial charge < -0.3 is 4.90 Å². The van der Waals surface area contributed by atoms with Crippen LogP contribution in [0.4, 0.5) is 5.00 Å². The molecule has 3 heterocycles. The molecule has 0 radical (unpaired) electrons. The minimum absolute atomic E-state index is 0.258. The van der Waals surface area contributed by atoms with Crippen LogP contribution >= 0.6 is 22.7 Å². The summed E-state index contributed by atoms with van der Waals surface area (Å²) >= 11 is 3.63. The third-order valence-electron chi connectivity index (χ3n) is 6.70. The van der Waals surface area contributed by atoms with Gasteiger partial charge in [0.05, 0.1) is 21.5 Å². The standard InChI is InChI=1S/C30H30N2O3S3/c1-3-31(4-2)30-19-18-29(37-30)28-17-15-22(36-28)14-16-23-24-10-5-7-12-26(24)32(20-9-21-38(33,34)35)27-13-8-6-11-25(23)27/h5-8,10-19H,3-4,9,20-21H2,1-2H3/p+1. The number of hydrogen-bond acceptors (Lipinski definition) is 5. The molecule has 0 saturated carbocycles. The van der Waals surface area contributed by atoms with Crippen LogP contribution in [0.2, 0.25) is 0 Å². The fourth-order valence-electron chi connectivity index (χ4n) is 4.88. The van der Waals surface area contributed by atoms with Crippen LogP contribution in [0.25, 0.3) is 43.7 Å². The van der Waals surface area contributed by atoms with Crippen LogP contribution in [0.5, 0.6) is 0 Å². The molecule has 1 N–H and O–H groups in total. The summed E-state index contributed by atoms with van der Waals surface area (Å²) in [7, 11) is -4.00. The topological polar surface area (TPSA) is 61.5 Å². The second-order valence-electron chi connectivity index (χ2n) is 9.08. The number of aromatic nitrogens is 1. The van der Waals surface area contributed by atoms with Crippen LogP contribution in [-0.2, 0) is 16.7 Å². The van der Waals surface area contributed by atoms with Gasteiger partial charge in [0.2, 0.25) is 11.0 Å². The number of aryl methyl sites for hydroxylation is 1. The monoisotopic (exact) mass is 563 g/mol. The molecule has 5 aromatic rings. The van der Waals surface area contributed by atoms with Crippen molar-refractivity contribution in [3.63, 3.8) is 0 Å². The quantitative estimate of drug-likeness (QED) is 0.110. The number of benzene rings is 2. The van der Waals surface area contributed by atoms with Crippen molar-refractivity contribution in [3.05, 3.63) is 83.2 Å². The normalized spacial score (nSPS) is 12.2. The van der Waals surface area contributed by atoms with Crippen molar-refractivity contribution in [1.29, 1.82) is 0 Å². The minimum Gasteiger partial charge on any atom is -0.364 e. The first kappa shape index (κ1) is 26.6. The second kappa shape index (κ2) is 11.4. The lowest BCUT2D eigenvalue weighted by Crippen LogP contribution is -2.36. The predicted molar refractivity (Wildman–Crippen MR) is 163 cm³/mol. The fraction of sp³-hybridized carbons (Fsp3) is 0.233. The largest absolute Gasteiger partial charge is 0.364 e. The summed E-state index contributed by atoms with van der Waals surface area (Å²) in [6.45, 7) is 6.89. The molecule has 0 spiro atoms. The van der Waals surface area contributed by atoms with E-state index in [9.17, 15) is 13.0 Å². The van der Waals surface area contributed by atoms with E-state index in [1.54, 1.807) is 11.3 Å². The molecule has 0 bridgehead atoms. The number of nitrogens with zero attached hydrogens (tertiary/aromatic N) is 2. The molecule has 38 heavy (non-hydrogen) atoms. The number of hydrogen-bond donors (Lipinski definition) is 1. The molecule has 0 saturated heterocycles. The lowest BCUT2D eigenvalue weighted by atomic mass is 10.0. The van der Waals surface area contributed by atoms with Gasteiger partial charge in [-0.25, -0.2) is 0 Å². The smallest absolute Gasteiger partial charge is 0.265 e. The van der Waals surface area contributed by atoms with E-state index < -0.39 is 10.1 Å². The van der Waals surface area contributed by atoms with Gasteiger partial charge in [0.1, 0.15) is 0 Å². The van der Waals surface area contributed by atoms with Gasteiger partial charge in [-0.05, 0) is 56.3 Å². The molecule has 0 aliphatic heterocycles. The molecular formula is C30H31N2O3S3+. The average Bonchev–Trinajstić information content (AvgIpc) is 3.58. The minimum atomic E-state index is -4.00. The van der Waals surface area contributed by atoms with Gasteiger partial charge in [-0.2, -0.15) is 13.0 Å². The Morgan fingerprint density at radius 2 is 1.42 bits per heavy atom. The zero-order valence-corrected chi connectivity index (χ0v) is 24.0. The highest BCUT2D eigenvalue weighted by Crippen LogP contribution is 2.38. The van der Waals surface area contributed by atoms with Crippen molar-refractivity contribution in [2.75, 3.05) is 23.7 Å². The molecule has 196 valence electrons. The maximum Gasteiger partial charge on any atom is 0.265 e. The first-order valence-electron chi connectivity index (χ1n) is 12.8. The summed E-state index contributed by atoms with van der Waals surface area (Å²) in [5.41, 5.74) is 3.21. The number of rotatable bonds is 10. The molecule has 0 aliphatic carbocycles. The first-order valence-corrected chi connectivity index (χ1v) is 16.0. The van der Waals surface area contributed by atoms with E-state index in [0.29, 0.717) is 13.0 Å². The molecular weight excluding hydrogens is 533 g/mol. The van der Waals surface area contributed by atoms with Crippen molar-refractivity contribution in [2.45, 2.75) is 26.8 Å². The van der Waals surface area contributed by atoms with Crippen molar-refractivity contribution in [2.24, 2.45) is 0 Å². The second-order valence-corrected chi connectivity index (χ2v) is 12.8. The molecule has 2 aromatic carbocycles. The number of para-hydroxylation sites is 2. The zero-order chi connectivity index (χ0) is 26.7. The Balaban J connectivity index is 1.50. The van der Waals surface area contributed by atoms with E-state index in [1.165, 1.54) is 19.6 Å². The highest BCUT2D eigenvalue weighted by Gasteiger charge is 2.19. The van der Waals surface area contributed by atoms with Gasteiger partial charge in [0, 0.05) is 51.8 Å². The van der Waals surface area contributed by atoms with E-state index >= 15 is 0 Å². The Morgan fingerprint density at radius 3 is 2.05 bits per heavy atom. The molecule has 0 unspecified atom stereocenters. The SMILES string of the molecule is CCN(CC)c1ccc(-c2ccc(/C=C/c3c4ccccc4[n+](CCCS(=O)(=O)O)c4ccccc34)s2)s1. The number of thiophene rings is 2. The molecule has 8 heteroatoms. The Labute approximate surface area is 232 Å². The van der Waals surface area contributed by atoms with Crippen LogP contribution in [0.15, 0.2) is 72.8 Å². The Bertz CT molecular complexity index is 1660. The molecule has 5 nitrogen and oxygen atoms in total. The molecule has 0 atom stereocenters. The van der Waals surface area contributed by atoms with Crippen molar-refractivity contribution < 1.29 is 17.5 Å². The zero-order valence-electron chi connectivity index (χ0n) is 21.5. The van der Waals surface area contributed by atoms with Crippen molar-refractivity contribution >= 4 is 71.8 Å². The fourth-order valence-corrected chi connectivity index (χ4v) is 7.51.